The van der Waals surface area contributed by atoms with Gasteiger partial charge in [-0.1, -0.05) is 35.4 Å². The molecule has 0 spiro atoms. The SMILES string of the molecule is O=C(ON1C(=O)c2ccccc2C1=O)c1occc1CSc1ccccc1. The summed E-state index contributed by atoms with van der Waals surface area (Å²) in [5.74, 6) is -1.79. The molecule has 7 heteroatoms. The Bertz CT molecular complexity index is 993. The van der Waals surface area contributed by atoms with Crippen LogP contribution in [-0.4, -0.2) is 22.8 Å². The molecule has 134 valence electrons. The van der Waals surface area contributed by atoms with Crippen molar-refractivity contribution in [2.75, 3.05) is 0 Å². The van der Waals surface area contributed by atoms with Crippen LogP contribution in [0.4, 0.5) is 0 Å². The van der Waals surface area contributed by atoms with Crippen LogP contribution in [0.2, 0.25) is 0 Å². The second-order valence-corrected chi connectivity index (χ2v) is 6.75. The quantitative estimate of drug-likeness (QED) is 0.494. The molecule has 0 unspecified atom stereocenters. The fourth-order valence-corrected chi connectivity index (χ4v) is 3.58. The van der Waals surface area contributed by atoms with Gasteiger partial charge in [0.05, 0.1) is 17.4 Å². The first-order chi connectivity index (χ1) is 13.1. The van der Waals surface area contributed by atoms with E-state index < -0.39 is 17.8 Å². The molecule has 2 aromatic carbocycles. The lowest BCUT2D eigenvalue weighted by atomic mass is 10.1. The van der Waals surface area contributed by atoms with E-state index in [1.165, 1.54) is 30.2 Å². The van der Waals surface area contributed by atoms with Gasteiger partial charge in [-0.2, -0.15) is 0 Å². The van der Waals surface area contributed by atoms with E-state index in [1.54, 1.807) is 18.2 Å². The zero-order valence-corrected chi connectivity index (χ0v) is 14.8. The van der Waals surface area contributed by atoms with Crippen LogP contribution in [-0.2, 0) is 10.6 Å². The van der Waals surface area contributed by atoms with Gasteiger partial charge in [0.25, 0.3) is 11.8 Å². The standard InChI is InChI=1S/C20H13NO5S/c22-18-15-8-4-5-9-16(15)19(23)21(18)26-20(24)17-13(10-11-25-17)12-27-14-6-2-1-3-7-14/h1-11H,12H2. The van der Waals surface area contributed by atoms with Crippen LogP contribution in [0.5, 0.6) is 0 Å². The number of hydroxylamine groups is 2. The van der Waals surface area contributed by atoms with Crippen molar-refractivity contribution in [1.82, 2.24) is 5.06 Å². The number of thioether (sulfide) groups is 1. The van der Waals surface area contributed by atoms with E-state index in [2.05, 4.69) is 0 Å². The summed E-state index contributed by atoms with van der Waals surface area (Å²) < 4.78 is 5.24. The summed E-state index contributed by atoms with van der Waals surface area (Å²) in [6, 6.07) is 17.7. The lowest BCUT2D eigenvalue weighted by molar-refractivity contribution is -0.0603. The molecule has 27 heavy (non-hydrogen) atoms. The van der Waals surface area contributed by atoms with Gasteiger partial charge < -0.3 is 9.25 Å². The molecule has 0 saturated heterocycles. The Labute approximate surface area is 158 Å². The summed E-state index contributed by atoms with van der Waals surface area (Å²) in [7, 11) is 0. The van der Waals surface area contributed by atoms with Gasteiger partial charge in [-0.15, -0.1) is 11.8 Å². The van der Waals surface area contributed by atoms with Crippen molar-refractivity contribution in [3.8, 4) is 0 Å². The minimum atomic E-state index is -0.891. The topological polar surface area (TPSA) is 76.8 Å². The first kappa shape index (κ1) is 17.1. The molecule has 1 aliphatic heterocycles. The lowest BCUT2D eigenvalue weighted by Crippen LogP contribution is -2.32. The van der Waals surface area contributed by atoms with Crippen LogP contribution >= 0.6 is 11.8 Å². The zero-order chi connectivity index (χ0) is 18.8. The molecular formula is C20H13NO5S. The minimum Gasteiger partial charge on any atom is -0.457 e. The normalized spacial score (nSPS) is 13.0. The number of carbonyl (C=O) groups is 3. The van der Waals surface area contributed by atoms with Crippen LogP contribution in [0, 0.1) is 0 Å². The van der Waals surface area contributed by atoms with E-state index in [0.717, 1.165) is 4.90 Å². The third-order valence-corrected chi connectivity index (χ3v) is 5.06. The number of carbonyl (C=O) groups excluding carboxylic acids is 3. The summed E-state index contributed by atoms with van der Waals surface area (Å²) in [5.41, 5.74) is 1.02. The minimum absolute atomic E-state index is 0.0324. The number of hydrogen-bond donors (Lipinski definition) is 0. The van der Waals surface area contributed by atoms with E-state index in [4.69, 9.17) is 9.25 Å². The van der Waals surface area contributed by atoms with Crippen LogP contribution in [0.1, 0.15) is 36.8 Å². The molecule has 2 heterocycles. The Morgan fingerprint density at radius 1 is 0.926 bits per heavy atom. The Kier molecular flexibility index (Phi) is 4.52. The molecule has 6 nitrogen and oxygen atoms in total. The predicted octanol–water partition coefficient (Wildman–Crippen LogP) is 3.94. The first-order valence-corrected chi connectivity index (χ1v) is 9.08. The van der Waals surface area contributed by atoms with Gasteiger partial charge in [0.1, 0.15) is 0 Å². The van der Waals surface area contributed by atoms with Crippen molar-refractivity contribution in [2.45, 2.75) is 10.6 Å². The van der Waals surface area contributed by atoms with E-state index in [9.17, 15) is 14.4 Å². The van der Waals surface area contributed by atoms with Crippen LogP contribution in [0.25, 0.3) is 0 Å². The molecule has 0 fully saturated rings. The third-order valence-electron chi connectivity index (χ3n) is 4.00. The first-order valence-electron chi connectivity index (χ1n) is 8.09. The van der Waals surface area contributed by atoms with E-state index in [-0.39, 0.29) is 16.9 Å². The fraction of sp³-hybridized carbons (Fsp3) is 0.0500. The zero-order valence-electron chi connectivity index (χ0n) is 14.0. The smallest absolute Gasteiger partial charge is 0.399 e. The lowest BCUT2D eigenvalue weighted by Gasteiger charge is -2.12. The molecule has 0 N–H and O–H groups in total. The number of hydrogen-bond acceptors (Lipinski definition) is 6. The van der Waals surface area contributed by atoms with Gasteiger partial charge in [0, 0.05) is 16.2 Å². The molecule has 4 rings (SSSR count). The molecule has 0 bridgehead atoms. The average Bonchev–Trinajstić information content (AvgIpc) is 3.27. The van der Waals surface area contributed by atoms with Gasteiger partial charge in [-0.05, 0) is 30.3 Å². The molecule has 2 amide bonds. The van der Waals surface area contributed by atoms with Gasteiger partial charge in [0.2, 0.25) is 5.76 Å². The number of amides is 2. The molecule has 1 aromatic heterocycles. The number of imide groups is 1. The Hall–Kier alpha value is -3.32. The second-order valence-electron chi connectivity index (χ2n) is 5.71. The molecule has 0 aliphatic carbocycles. The molecule has 0 saturated carbocycles. The Morgan fingerprint density at radius 2 is 1.56 bits per heavy atom. The second kappa shape index (κ2) is 7.13. The number of rotatable bonds is 5. The molecule has 3 aromatic rings. The van der Waals surface area contributed by atoms with Crippen LogP contribution in [0.3, 0.4) is 0 Å². The molecular weight excluding hydrogens is 366 g/mol. The highest BCUT2D eigenvalue weighted by atomic mass is 32.2. The average molecular weight is 379 g/mol. The van der Waals surface area contributed by atoms with E-state index in [0.29, 0.717) is 16.4 Å². The van der Waals surface area contributed by atoms with Crippen molar-refractivity contribution in [2.24, 2.45) is 0 Å². The Morgan fingerprint density at radius 3 is 2.22 bits per heavy atom. The van der Waals surface area contributed by atoms with Crippen molar-refractivity contribution < 1.29 is 23.6 Å². The summed E-state index contributed by atoms with van der Waals surface area (Å²) in [6.07, 6.45) is 1.37. The van der Waals surface area contributed by atoms with Gasteiger partial charge in [0.15, 0.2) is 0 Å². The Balaban J connectivity index is 1.48. The highest BCUT2D eigenvalue weighted by molar-refractivity contribution is 7.98. The third kappa shape index (κ3) is 3.24. The largest absolute Gasteiger partial charge is 0.457 e. The van der Waals surface area contributed by atoms with Crippen molar-refractivity contribution >= 4 is 29.5 Å². The van der Waals surface area contributed by atoms with E-state index in [1.807, 2.05) is 30.3 Å². The number of furan rings is 1. The van der Waals surface area contributed by atoms with Crippen LogP contribution < -0.4 is 0 Å². The van der Waals surface area contributed by atoms with E-state index >= 15 is 0 Å². The van der Waals surface area contributed by atoms with Crippen LogP contribution in [0.15, 0.2) is 76.2 Å². The van der Waals surface area contributed by atoms with Gasteiger partial charge >= 0.3 is 5.97 Å². The highest BCUT2D eigenvalue weighted by Gasteiger charge is 2.39. The van der Waals surface area contributed by atoms with Crippen molar-refractivity contribution in [3.63, 3.8) is 0 Å². The van der Waals surface area contributed by atoms with Crippen molar-refractivity contribution in [3.05, 3.63) is 89.4 Å². The summed E-state index contributed by atoms with van der Waals surface area (Å²) in [5, 5.41) is 0.476. The summed E-state index contributed by atoms with van der Waals surface area (Å²) in [6.45, 7) is 0. The number of fused-ring (bicyclic) bond motifs is 1. The van der Waals surface area contributed by atoms with Gasteiger partial charge in [-0.25, -0.2) is 4.79 Å². The van der Waals surface area contributed by atoms with Gasteiger partial charge in [-0.3, -0.25) is 9.59 Å². The monoisotopic (exact) mass is 379 g/mol. The summed E-state index contributed by atoms with van der Waals surface area (Å²) >= 11 is 1.53. The van der Waals surface area contributed by atoms with Crippen molar-refractivity contribution in [1.29, 1.82) is 0 Å². The number of nitrogens with zero attached hydrogens (tertiary/aromatic N) is 1. The molecule has 0 atom stereocenters. The fourth-order valence-electron chi connectivity index (χ4n) is 2.68. The highest BCUT2D eigenvalue weighted by Crippen LogP contribution is 2.27. The molecule has 0 radical (unpaired) electrons. The maximum atomic E-state index is 12.5. The molecule has 1 aliphatic rings. The predicted molar refractivity (Wildman–Crippen MR) is 97.1 cm³/mol. The summed E-state index contributed by atoms with van der Waals surface area (Å²) in [4.78, 5) is 43.2. The number of benzene rings is 2. The maximum absolute atomic E-state index is 12.5. The maximum Gasteiger partial charge on any atom is 0.399 e.